The fourth-order valence-electron chi connectivity index (χ4n) is 3.74. The minimum absolute atomic E-state index is 0. The largest absolute Gasteiger partial charge is 0.506 e. The first-order valence-corrected chi connectivity index (χ1v) is 10.1. The molecule has 4 aromatic rings. The van der Waals surface area contributed by atoms with E-state index in [2.05, 4.69) is 10.3 Å². The number of imidazole rings is 1. The van der Waals surface area contributed by atoms with Crippen LogP contribution in [0.4, 0.5) is 5.69 Å². The zero-order valence-corrected chi connectivity index (χ0v) is 20.0. The summed E-state index contributed by atoms with van der Waals surface area (Å²) in [4.78, 5) is 17.2. The molecule has 4 rings (SSSR count). The molecule has 0 aliphatic rings. The second-order valence-electron chi connectivity index (χ2n) is 7.55. The van der Waals surface area contributed by atoms with E-state index in [9.17, 15) is 9.90 Å². The van der Waals surface area contributed by atoms with Gasteiger partial charge in [0.15, 0.2) is 0 Å². The quantitative estimate of drug-likeness (QED) is 0.155. The smallest absolute Gasteiger partial charge is 0.228 e. The lowest BCUT2D eigenvalue weighted by Gasteiger charge is -2.13. The number of hydrogen-bond acceptors (Lipinski definition) is 5. The summed E-state index contributed by atoms with van der Waals surface area (Å²) in [5.41, 5.74) is 16.7. The molecule has 0 fully saturated rings. The van der Waals surface area contributed by atoms with Gasteiger partial charge in [0.1, 0.15) is 17.4 Å². The third-order valence-corrected chi connectivity index (χ3v) is 5.26. The minimum atomic E-state index is -0.288. The van der Waals surface area contributed by atoms with Gasteiger partial charge in [0, 0.05) is 5.56 Å². The van der Waals surface area contributed by atoms with Gasteiger partial charge in [0.05, 0.1) is 35.4 Å². The molecule has 1 aromatic heterocycles. The number of amides is 1. The molecule has 178 valence electrons. The van der Waals surface area contributed by atoms with Crippen molar-refractivity contribution in [1.82, 2.24) is 9.55 Å². The number of nitrogen functional groups attached to an aromatic ring is 1. The number of aryl methyl sites for hydroxylation is 1. The maximum absolute atomic E-state index is 12.6. The van der Waals surface area contributed by atoms with E-state index in [1.807, 2.05) is 54.0 Å². The number of rotatable bonds is 6. The Morgan fingerprint density at radius 1 is 1.12 bits per heavy atom. The third kappa shape index (κ3) is 5.31. The number of amidine groups is 1. The molecular formula is C24H26Cl2N6O2. The molecule has 8 nitrogen and oxygen atoms in total. The van der Waals surface area contributed by atoms with E-state index in [-0.39, 0.29) is 54.4 Å². The molecular weight excluding hydrogens is 475 g/mol. The number of phenols is 1. The van der Waals surface area contributed by atoms with Crippen LogP contribution in [0.1, 0.15) is 22.5 Å². The number of hydrogen-bond donors (Lipinski definition) is 5. The number of nitrogens with two attached hydrogens (primary N) is 2. The van der Waals surface area contributed by atoms with Crippen LogP contribution in [0.25, 0.3) is 16.7 Å². The standard InChI is InChI=1S/C24H24N6O2.2ClH/c1-14-10-15(11-23(32)29-18-12-16(24(26)27)7-9-21(18)31)6-8-19(14)30-20-5-3-2-4-17(20)28-22(30)13-25;;/h2-10,12,31H,11,13,25H2,1H3,(H3,26,27)(H,29,32);2*1H. The van der Waals surface area contributed by atoms with Crippen molar-refractivity contribution >= 4 is 53.3 Å². The topological polar surface area (TPSA) is 143 Å². The highest BCUT2D eigenvalue weighted by Crippen LogP contribution is 2.26. The van der Waals surface area contributed by atoms with Crippen molar-refractivity contribution in [2.45, 2.75) is 19.9 Å². The van der Waals surface area contributed by atoms with Gasteiger partial charge in [-0.05, 0) is 54.4 Å². The van der Waals surface area contributed by atoms with Crippen LogP contribution in [0.5, 0.6) is 5.75 Å². The van der Waals surface area contributed by atoms with Gasteiger partial charge in [-0.2, -0.15) is 0 Å². The summed E-state index contributed by atoms with van der Waals surface area (Å²) in [6, 6.07) is 18.1. The van der Waals surface area contributed by atoms with Crippen molar-refractivity contribution in [2.75, 3.05) is 5.32 Å². The molecule has 0 saturated carbocycles. The second kappa shape index (κ2) is 11.0. The van der Waals surface area contributed by atoms with Crippen molar-refractivity contribution < 1.29 is 9.90 Å². The Balaban J connectivity index is 0.00000204. The van der Waals surface area contributed by atoms with E-state index in [1.165, 1.54) is 18.2 Å². The molecule has 7 N–H and O–H groups in total. The van der Waals surface area contributed by atoms with Crippen LogP contribution in [0.2, 0.25) is 0 Å². The average Bonchev–Trinajstić information content (AvgIpc) is 3.13. The Morgan fingerprint density at radius 3 is 2.53 bits per heavy atom. The third-order valence-electron chi connectivity index (χ3n) is 5.26. The minimum Gasteiger partial charge on any atom is -0.506 e. The molecule has 0 unspecified atom stereocenters. The lowest BCUT2D eigenvalue weighted by Crippen LogP contribution is -2.16. The fourth-order valence-corrected chi connectivity index (χ4v) is 3.74. The lowest BCUT2D eigenvalue weighted by molar-refractivity contribution is -0.115. The average molecular weight is 501 g/mol. The number of phenolic OH excluding ortho intramolecular Hbond substituents is 1. The van der Waals surface area contributed by atoms with Crippen LogP contribution in [0.3, 0.4) is 0 Å². The maximum Gasteiger partial charge on any atom is 0.228 e. The Hall–Kier alpha value is -3.59. The number of fused-ring (bicyclic) bond motifs is 1. The molecule has 10 heteroatoms. The van der Waals surface area contributed by atoms with Crippen LogP contribution >= 0.6 is 24.8 Å². The Kier molecular flexibility index (Phi) is 8.64. The highest BCUT2D eigenvalue weighted by atomic mass is 35.5. The van der Waals surface area contributed by atoms with Gasteiger partial charge in [-0.3, -0.25) is 14.8 Å². The van der Waals surface area contributed by atoms with Gasteiger partial charge < -0.3 is 21.9 Å². The van der Waals surface area contributed by atoms with Crippen LogP contribution in [-0.4, -0.2) is 26.4 Å². The first kappa shape index (κ1) is 26.7. The number of nitrogens with zero attached hydrogens (tertiary/aromatic N) is 2. The number of nitrogens with one attached hydrogen (secondary N) is 2. The molecule has 0 aliphatic heterocycles. The summed E-state index contributed by atoms with van der Waals surface area (Å²) < 4.78 is 2.04. The van der Waals surface area contributed by atoms with E-state index in [4.69, 9.17) is 16.9 Å². The zero-order chi connectivity index (χ0) is 22.8. The van der Waals surface area contributed by atoms with E-state index < -0.39 is 0 Å². The summed E-state index contributed by atoms with van der Waals surface area (Å²) in [6.45, 7) is 2.29. The van der Waals surface area contributed by atoms with Crippen LogP contribution < -0.4 is 16.8 Å². The highest BCUT2D eigenvalue weighted by Gasteiger charge is 2.14. The second-order valence-corrected chi connectivity index (χ2v) is 7.55. The SMILES string of the molecule is Cc1cc(CC(=O)Nc2cc(C(=N)N)ccc2O)ccc1-n1c(CN)nc2ccccc21.Cl.Cl. The predicted molar refractivity (Wildman–Crippen MR) is 140 cm³/mol. The molecule has 0 saturated heterocycles. The summed E-state index contributed by atoms with van der Waals surface area (Å²) in [6.07, 6.45) is 0.124. The van der Waals surface area contributed by atoms with Crippen molar-refractivity contribution in [2.24, 2.45) is 11.5 Å². The maximum atomic E-state index is 12.6. The summed E-state index contributed by atoms with van der Waals surface area (Å²) >= 11 is 0. The molecule has 0 atom stereocenters. The first-order valence-electron chi connectivity index (χ1n) is 10.1. The van der Waals surface area contributed by atoms with Gasteiger partial charge in [-0.1, -0.05) is 24.3 Å². The Morgan fingerprint density at radius 2 is 1.85 bits per heavy atom. The summed E-state index contributed by atoms with van der Waals surface area (Å²) in [7, 11) is 0. The summed E-state index contributed by atoms with van der Waals surface area (Å²) in [5.74, 6) is 0.247. The predicted octanol–water partition coefficient (Wildman–Crippen LogP) is 3.81. The zero-order valence-electron chi connectivity index (χ0n) is 18.4. The van der Waals surface area contributed by atoms with Crippen LogP contribution in [0, 0.1) is 12.3 Å². The number of anilines is 1. The monoisotopic (exact) mass is 500 g/mol. The number of benzene rings is 3. The number of carbonyl (C=O) groups excluding carboxylic acids is 1. The van der Waals surface area contributed by atoms with Crippen molar-refractivity contribution in [3.05, 3.63) is 83.2 Å². The molecule has 1 amide bonds. The first-order chi connectivity index (χ1) is 15.4. The molecule has 3 aromatic carbocycles. The summed E-state index contributed by atoms with van der Waals surface area (Å²) in [5, 5.41) is 20.2. The Bertz CT molecular complexity index is 1350. The van der Waals surface area contributed by atoms with Crippen LogP contribution in [-0.2, 0) is 17.8 Å². The highest BCUT2D eigenvalue weighted by molar-refractivity contribution is 5.99. The number of halogens is 2. The molecule has 0 bridgehead atoms. The van der Waals surface area contributed by atoms with Gasteiger partial charge >= 0.3 is 0 Å². The van der Waals surface area contributed by atoms with E-state index in [0.29, 0.717) is 12.1 Å². The Labute approximate surface area is 209 Å². The number of aromatic nitrogens is 2. The van der Waals surface area contributed by atoms with E-state index >= 15 is 0 Å². The molecule has 0 radical (unpaired) electrons. The normalized spacial score (nSPS) is 10.3. The fraction of sp³-hybridized carbons (Fsp3) is 0.125. The lowest BCUT2D eigenvalue weighted by atomic mass is 10.1. The number of carbonyl (C=O) groups is 1. The van der Waals surface area contributed by atoms with E-state index in [0.717, 1.165) is 33.7 Å². The molecule has 0 spiro atoms. The van der Waals surface area contributed by atoms with Gasteiger partial charge in [0.25, 0.3) is 0 Å². The van der Waals surface area contributed by atoms with Gasteiger partial charge in [-0.25, -0.2) is 4.98 Å². The number of para-hydroxylation sites is 2. The van der Waals surface area contributed by atoms with Crippen molar-refractivity contribution in [3.8, 4) is 11.4 Å². The molecule has 34 heavy (non-hydrogen) atoms. The van der Waals surface area contributed by atoms with Gasteiger partial charge in [0.2, 0.25) is 5.91 Å². The van der Waals surface area contributed by atoms with E-state index in [1.54, 1.807) is 0 Å². The molecule has 0 aliphatic carbocycles. The van der Waals surface area contributed by atoms with Crippen molar-refractivity contribution in [1.29, 1.82) is 5.41 Å². The molecule has 1 heterocycles. The number of aromatic hydroxyl groups is 1. The van der Waals surface area contributed by atoms with Gasteiger partial charge in [-0.15, -0.1) is 24.8 Å². The van der Waals surface area contributed by atoms with Crippen LogP contribution in [0.15, 0.2) is 60.7 Å². The van der Waals surface area contributed by atoms with Crippen molar-refractivity contribution in [3.63, 3.8) is 0 Å².